The van der Waals surface area contributed by atoms with Crippen LogP contribution in [0.2, 0.25) is 0 Å². The van der Waals surface area contributed by atoms with E-state index in [2.05, 4.69) is 45.1 Å². The summed E-state index contributed by atoms with van der Waals surface area (Å²) in [6, 6.07) is 5.59. The van der Waals surface area contributed by atoms with E-state index in [4.69, 9.17) is 0 Å². The fourth-order valence-corrected chi connectivity index (χ4v) is 3.04. The van der Waals surface area contributed by atoms with Crippen LogP contribution in [-0.4, -0.2) is 6.04 Å². The molecule has 0 saturated heterocycles. The number of hydrogen-bond donors (Lipinski definition) is 1. The van der Waals surface area contributed by atoms with Crippen molar-refractivity contribution in [1.82, 2.24) is 5.32 Å². The predicted octanol–water partition coefficient (Wildman–Crippen LogP) is 5.07. The average Bonchev–Trinajstić information content (AvgIpc) is 2.71. The Hall–Kier alpha value is -0.340. The number of aryl methyl sites for hydroxylation is 1. The highest BCUT2D eigenvalue weighted by Crippen LogP contribution is 2.23. The number of rotatable bonds is 8. The first-order valence-electron chi connectivity index (χ1n) is 6.96. The maximum atomic E-state index is 3.70. The highest BCUT2D eigenvalue weighted by Gasteiger charge is 2.10. The Morgan fingerprint density at radius 3 is 2.53 bits per heavy atom. The second-order valence-corrected chi connectivity index (χ2v) is 6.41. The van der Waals surface area contributed by atoms with E-state index < -0.39 is 0 Å². The third-order valence-electron chi connectivity index (χ3n) is 3.21. The van der Waals surface area contributed by atoms with Crippen molar-refractivity contribution in [2.75, 3.05) is 0 Å². The van der Waals surface area contributed by atoms with Gasteiger partial charge in [-0.15, -0.1) is 11.3 Å². The van der Waals surface area contributed by atoms with E-state index in [1.54, 1.807) is 0 Å². The molecule has 0 aromatic carbocycles. The van der Waals surface area contributed by atoms with Crippen LogP contribution in [-0.2, 0) is 0 Å². The van der Waals surface area contributed by atoms with Crippen molar-refractivity contribution in [2.45, 2.75) is 71.9 Å². The van der Waals surface area contributed by atoms with Gasteiger partial charge in [0.1, 0.15) is 0 Å². The Kier molecular flexibility index (Phi) is 6.83. The van der Waals surface area contributed by atoms with Gasteiger partial charge in [0.2, 0.25) is 0 Å². The molecule has 1 nitrogen and oxygen atoms in total. The molecular weight excluding hydrogens is 226 g/mol. The third kappa shape index (κ3) is 5.69. The Balaban J connectivity index is 2.23. The molecule has 0 radical (unpaired) electrons. The lowest BCUT2D eigenvalue weighted by Gasteiger charge is -2.19. The molecule has 0 bridgehead atoms. The largest absolute Gasteiger partial charge is 0.307 e. The molecule has 17 heavy (non-hydrogen) atoms. The number of nitrogens with one attached hydrogen (secondary N) is 1. The average molecular weight is 253 g/mol. The Labute approximate surface area is 111 Å². The van der Waals surface area contributed by atoms with Gasteiger partial charge >= 0.3 is 0 Å². The maximum absolute atomic E-state index is 3.70. The van der Waals surface area contributed by atoms with Crippen molar-refractivity contribution in [3.05, 3.63) is 21.9 Å². The van der Waals surface area contributed by atoms with E-state index in [1.807, 2.05) is 11.3 Å². The Bertz CT molecular complexity index is 306. The molecule has 0 amide bonds. The minimum atomic E-state index is 0.495. The summed E-state index contributed by atoms with van der Waals surface area (Å²) in [5.41, 5.74) is 0. The van der Waals surface area contributed by atoms with Gasteiger partial charge in [-0.25, -0.2) is 0 Å². The molecule has 2 heteroatoms. The van der Waals surface area contributed by atoms with Crippen molar-refractivity contribution >= 4 is 11.3 Å². The number of unbranched alkanes of at least 4 members (excludes halogenated alkanes) is 3. The second kappa shape index (κ2) is 7.88. The molecule has 0 spiro atoms. The predicted molar refractivity (Wildman–Crippen MR) is 78.8 cm³/mol. The van der Waals surface area contributed by atoms with Crippen LogP contribution in [0.5, 0.6) is 0 Å². The lowest BCUT2D eigenvalue weighted by molar-refractivity contribution is 0.441. The first kappa shape index (κ1) is 14.7. The molecule has 98 valence electrons. The molecule has 1 rings (SSSR count). The smallest absolute Gasteiger partial charge is 0.0388 e. The molecule has 1 aromatic heterocycles. The van der Waals surface area contributed by atoms with Crippen LogP contribution < -0.4 is 5.32 Å². The maximum Gasteiger partial charge on any atom is 0.0388 e. The summed E-state index contributed by atoms with van der Waals surface area (Å²) in [6.07, 6.45) is 6.75. The number of thiophene rings is 1. The van der Waals surface area contributed by atoms with E-state index in [0.29, 0.717) is 12.1 Å². The summed E-state index contributed by atoms with van der Waals surface area (Å²) < 4.78 is 0. The van der Waals surface area contributed by atoms with Gasteiger partial charge in [-0.3, -0.25) is 0 Å². The van der Waals surface area contributed by atoms with Crippen molar-refractivity contribution in [1.29, 1.82) is 0 Å². The van der Waals surface area contributed by atoms with Crippen LogP contribution in [0, 0.1) is 6.92 Å². The molecule has 0 fully saturated rings. The molecular formula is C15H27NS. The van der Waals surface area contributed by atoms with Crippen molar-refractivity contribution in [3.63, 3.8) is 0 Å². The summed E-state index contributed by atoms with van der Waals surface area (Å²) in [5.74, 6) is 0. The van der Waals surface area contributed by atoms with Crippen LogP contribution in [0.15, 0.2) is 12.1 Å². The SMILES string of the molecule is CCCCCCC(C)NC(C)c1ccc(C)s1. The fraction of sp³-hybridized carbons (Fsp3) is 0.733. The van der Waals surface area contributed by atoms with Crippen molar-refractivity contribution < 1.29 is 0 Å². The fourth-order valence-electron chi connectivity index (χ4n) is 2.16. The molecule has 2 atom stereocenters. The minimum absolute atomic E-state index is 0.495. The summed E-state index contributed by atoms with van der Waals surface area (Å²) in [7, 11) is 0. The molecule has 1 N–H and O–H groups in total. The summed E-state index contributed by atoms with van der Waals surface area (Å²) >= 11 is 1.91. The molecule has 0 aliphatic carbocycles. The van der Waals surface area contributed by atoms with E-state index in [0.717, 1.165) is 0 Å². The summed E-state index contributed by atoms with van der Waals surface area (Å²) in [4.78, 5) is 2.87. The molecule has 2 unspecified atom stereocenters. The van der Waals surface area contributed by atoms with E-state index >= 15 is 0 Å². The Morgan fingerprint density at radius 2 is 1.94 bits per heavy atom. The lowest BCUT2D eigenvalue weighted by Crippen LogP contribution is -2.28. The molecule has 1 heterocycles. The van der Waals surface area contributed by atoms with Gasteiger partial charge in [0, 0.05) is 21.8 Å². The van der Waals surface area contributed by atoms with Crippen molar-refractivity contribution in [2.24, 2.45) is 0 Å². The molecule has 0 aliphatic heterocycles. The van der Waals surface area contributed by atoms with E-state index in [1.165, 1.54) is 41.9 Å². The third-order valence-corrected chi connectivity index (χ3v) is 4.40. The molecule has 1 aromatic rings. The normalized spacial score (nSPS) is 14.8. The molecule has 0 aliphatic rings. The standard InChI is InChI=1S/C15H27NS/c1-5-6-7-8-9-12(2)16-14(4)15-11-10-13(3)17-15/h10-12,14,16H,5-9H2,1-4H3. The minimum Gasteiger partial charge on any atom is -0.307 e. The first-order chi connectivity index (χ1) is 8.13. The van der Waals surface area contributed by atoms with Crippen LogP contribution in [0.3, 0.4) is 0 Å². The molecule has 0 saturated carbocycles. The van der Waals surface area contributed by atoms with Gasteiger partial charge < -0.3 is 5.32 Å². The zero-order valence-corrected chi connectivity index (χ0v) is 12.6. The highest BCUT2D eigenvalue weighted by molar-refractivity contribution is 7.12. The highest BCUT2D eigenvalue weighted by atomic mass is 32.1. The topological polar surface area (TPSA) is 12.0 Å². The van der Waals surface area contributed by atoms with Gasteiger partial charge in [-0.05, 0) is 39.3 Å². The van der Waals surface area contributed by atoms with Crippen molar-refractivity contribution in [3.8, 4) is 0 Å². The summed E-state index contributed by atoms with van der Waals surface area (Å²) in [5, 5.41) is 3.70. The second-order valence-electron chi connectivity index (χ2n) is 5.09. The van der Waals surface area contributed by atoms with Gasteiger partial charge in [0.25, 0.3) is 0 Å². The van der Waals surface area contributed by atoms with Gasteiger partial charge in [-0.2, -0.15) is 0 Å². The van der Waals surface area contributed by atoms with Crippen LogP contribution in [0.25, 0.3) is 0 Å². The number of hydrogen-bond acceptors (Lipinski definition) is 2. The van der Waals surface area contributed by atoms with Crippen LogP contribution in [0.1, 0.15) is 68.7 Å². The quantitative estimate of drug-likeness (QED) is 0.638. The van der Waals surface area contributed by atoms with Crippen LogP contribution >= 0.6 is 11.3 Å². The van der Waals surface area contributed by atoms with E-state index in [-0.39, 0.29) is 0 Å². The monoisotopic (exact) mass is 253 g/mol. The van der Waals surface area contributed by atoms with Gasteiger partial charge in [-0.1, -0.05) is 32.6 Å². The lowest BCUT2D eigenvalue weighted by atomic mass is 10.1. The zero-order chi connectivity index (χ0) is 12.7. The first-order valence-corrected chi connectivity index (χ1v) is 7.77. The van der Waals surface area contributed by atoms with Gasteiger partial charge in [0.15, 0.2) is 0 Å². The summed E-state index contributed by atoms with van der Waals surface area (Å²) in [6.45, 7) is 9.02. The zero-order valence-electron chi connectivity index (χ0n) is 11.8. The van der Waals surface area contributed by atoms with Gasteiger partial charge in [0.05, 0.1) is 0 Å². The Morgan fingerprint density at radius 1 is 1.18 bits per heavy atom. The van der Waals surface area contributed by atoms with E-state index in [9.17, 15) is 0 Å². The van der Waals surface area contributed by atoms with Crippen LogP contribution in [0.4, 0.5) is 0 Å².